The maximum Gasteiger partial charge on any atom is 0.260 e. The molecule has 1 aliphatic rings. The minimum atomic E-state index is -0.00485. The topological polar surface area (TPSA) is 45.8 Å². The molecule has 0 saturated heterocycles. The van der Waals surface area contributed by atoms with Gasteiger partial charge in [0.1, 0.15) is 10.7 Å². The fourth-order valence-electron chi connectivity index (χ4n) is 3.18. The summed E-state index contributed by atoms with van der Waals surface area (Å²) in [5, 5.41) is 0.814. The third kappa shape index (κ3) is 2.75. The Labute approximate surface area is 138 Å². The molecule has 0 bridgehead atoms. The van der Waals surface area contributed by atoms with Crippen molar-refractivity contribution in [1.29, 1.82) is 0 Å². The zero-order chi connectivity index (χ0) is 15.8. The summed E-state index contributed by atoms with van der Waals surface area (Å²) >= 11 is 1.69. The van der Waals surface area contributed by atoms with E-state index in [0.29, 0.717) is 11.7 Å². The van der Waals surface area contributed by atoms with E-state index in [0.717, 1.165) is 35.0 Å². The van der Waals surface area contributed by atoms with Gasteiger partial charge in [0.05, 0.1) is 5.39 Å². The van der Waals surface area contributed by atoms with E-state index in [-0.39, 0.29) is 5.56 Å². The van der Waals surface area contributed by atoms with Gasteiger partial charge in [-0.25, -0.2) is 4.98 Å². The second-order valence-corrected chi connectivity index (χ2v) is 7.31. The summed E-state index contributed by atoms with van der Waals surface area (Å²) in [4.78, 5) is 22.3. The lowest BCUT2D eigenvalue weighted by Crippen LogP contribution is -2.13. The normalized spacial score (nSPS) is 17.7. The fourth-order valence-corrected chi connectivity index (χ4v) is 4.57. The van der Waals surface area contributed by atoms with E-state index in [4.69, 9.17) is 0 Å². The Morgan fingerprint density at radius 2 is 2.09 bits per heavy atom. The number of hydrogen-bond donors (Lipinski definition) is 1. The zero-order valence-corrected chi connectivity index (χ0v) is 13.8. The second-order valence-electron chi connectivity index (χ2n) is 6.23. The van der Waals surface area contributed by atoms with E-state index in [1.807, 2.05) is 42.5 Å². The van der Waals surface area contributed by atoms with Crippen LogP contribution in [0.15, 0.2) is 35.1 Å². The summed E-state index contributed by atoms with van der Waals surface area (Å²) in [6.45, 7) is 2.28. The van der Waals surface area contributed by atoms with Gasteiger partial charge in [0.25, 0.3) is 5.56 Å². The maximum absolute atomic E-state index is 12.5. The van der Waals surface area contributed by atoms with Crippen LogP contribution in [0.3, 0.4) is 0 Å². The van der Waals surface area contributed by atoms with Crippen molar-refractivity contribution in [3.8, 4) is 0 Å². The van der Waals surface area contributed by atoms with E-state index >= 15 is 0 Å². The molecule has 1 aliphatic carbocycles. The highest BCUT2D eigenvalue weighted by molar-refractivity contribution is 7.18. The van der Waals surface area contributed by atoms with Gasteiger partial charge in [-0.2, -0.15) is 0 Å². The lowest BCUT2D eigenvalue weighted by Gasteiger charge is -2.17. The van der Waals surface area contributed by atoms with Gasteiger partial charge < -0.3 is 4.98 Å². The van der Waals surface area contributed by atoms with Crippen LogP contribution in [-0.4, -0.2) is 9.97 Å². The van der Waals surface area contributed by atoms with Gasteiger partial charge in [-0.15, -0.1) is 11.3 Å². The van der Waals surface area contributed by atoms with Crippen LogP contribution in [-0.2, 0) is 12.8 Å². The molecule has 3 nitrogen and oxygen atoms in total. The largest absolute Gasteiger partial charge is 0.306 e. The predicted octanol–water partition coefficient (Wildman–Crippen LogP) is 4.28. The van der Waals surface area contributed by atoms with E-state index in [2.05, 4.69) is 16.9 Å². The van der Waals surface area contributed by atoms with Crippen molar-refractivity contribution in [2.45, 2.75) is 26.2 Å². The number of nitrogens with one attached hydrogen (secondary N) is 1. The van der Waals surface area contributed by atoms with Gasteiger partial charge in [-0.3, -0.25) is 4.79 Å². The molecule has 0 amide bonds. The minimum absolute atomic E-state index is 0.00485. The summed E-state index contributed by atoms with van der Waals surface area (Å²) in [6.07, 6.45) is 7.08. The molecule has 0 fully saturated rings. The summed E-state index contributed by atoms with van der Waals surface area (Å²) in [5.74, 6) is 1.32. The van der Waals surface area contributed by atoms with Crippen molar-refractivity contribution in [3.05, 3.63) is 62.5 Å². The highest BCUT2D eigenvalue weighted by Crippen LogP contribution is 2.35. The number of aromatic amines is 1. The highest BCUT2D eigenvalue weighted by Gasteiger charge is 2.22. The molecule has 0 unspecified atom stereocenters. The number of benzene rings is 1. The first-order valence-corrected chi connectivity index (χ1v) is 8.80. The van der Waals surface area contributed by atoms with E-state index < -0.39 is 0 Å². The third-order valence-electron chi connectivity index (χ3n) is 4.42. The van der Waals surface area contributed by atoms with Crippen molar-refractivity contribution in [2.24, 2.45) is 5.92 Å². The molecule has 1 N–H and O–H groups in total. The first-order valence-electron chi connectivity index (χ1n) is 7.98. The number of nitrogens with zero attached hydrogens (tertiary/aromatic N) is 1. The maximum atomic E-state index is 12.5. The summed E-state index contributed by atoms with van der Waals surface area (Å²) in [5.41, 5.74) is 2.32. The smallest absolute Gasteiger partial charge is 0.260 e. The van der Waals surface area contributed by atoms with Gasteiger partial charge in [0, 0.05) is 4.88 Å². The molecule has 23 heavy (non-hydrogen) atoms. The molecule has 4 heteroatoms. The van der Waals surface area contributed by atoms with Crippen molar-refractivity contribution in [1.82, 2.24) is 9.97 Å². The monoisotopic (exact) mass is 322 g/mol. The molecule has 1 atom stereocenters. The third-order valence-corrected chi connectivity index (χ3v) is 5.57. The van der Waals surface area contributed by atoms with E-state index in [1.54, 1.807) is 11.3 Å². The number of aryl methyl sites for hydroxylation is 1. The minimum Gasteiger partial charge on any atom is -0.306 e. The average molecular weight is 322 g/mol. The Bertz CT molecular complexity index is 937. The lowest BCUT2D eigenvalue weighted by molar-refractivity contribution is 0.509. The van der Waals surface area contributed by atoms with E-state index in [1.165, 1.54) is 10.4 Å². The zero-order valence-electron chi connectivity index (χ0n) is 13.0. The molecule has 4 rings (SSSR count). The molecule has 0 spiro atoms. The predicted molar refractivity (Wildman–Crippen MR) is 96.8 cm³/mol. The van der Waals surface area contributed by atoms with Crippen LogP contribution >= 0.6 is 11.3 Å². The average Bonchev–Trinajstić information content (AvgIpc) is 2.91. The number of thiophene rings is 1. The quantitative estimate of drug-likeness (QED) is 0.765. The van der Waals surface area contributed by atoms with Crippen LogP contribution in [0.2, 0.25) is 0 Å². The van der Waals surface area contributed by atoms with Gasteiger partial charge in [-0.05, 0) is 42.4 Å². The number of H-pyrrole nitrogens is 1. The molecule has 0 saturated carbocycles. The van der Waals surface area contributed by atoms with E-state index in [9.17, 15) is 4.79 Å². The van der Waals surface area contributed by atoms with Crippen molar-refractivity contribution >= 4 is 33.7 Å². The Balaban J connectivity index is 1.76. The number of aromatic nitrogens is 2. The van der Waals surface area contributed by atoms with Crippen molar-refractivity contribution in [3.63, 3.8) is 0 Å². The first-order chi connectivity index (χ1) is 11.2. The summed E-state index contributed by atoms with van der Waals surface area (Å²) in [6, 6.07) is 10.0. The molecular weight excluding hydrogens is 304 g/mol. The molecule has 116 valence electrons. The fraction of sp³-hybridized carbons (Fsp3) is 0.263. The highest BCUT2D eigenvalue weighted by atomic mass is 32.1. The second kappa shape index (κ2) is 5.78. The molecular formula is C19H18N2OS. The first kappa shape index (κ1) is 14.4. The Kier molecular flexibility index (Phi) is 3.62. The number of rotatable bonds is 2. The van der Waals surface area contributed by atoms with Crippen LogP contribution in [0.25, 0.3) is 22.4 Å². The Morgan fingerprint density at radius 3 is 2.91 bits per heavy atom. The van der Waals surface area contributed by atoms with Crippen molar-refractivity contribution in [2.75, 3.05) is 0 Å². The molecule has 3 aromatic rings. The molecule has 0 aliphatic heterocycles. The van der Waals surface area contributed by atoms with Crippen LogP contribution in [0.1, 0.15) is 35.2 Å². The number of hydrogen-bond acceptors (Lipinski definition) is 3. The van der Waals surface area contributed by atoms with Gasteiger partial charge >= 0.3 is 0 Å². The summed E-state index contributed by atoms with van der Waals surface area (Å²) < 4.78 is 0. The van der Waals surface area contributed by atoms with Crippen LogP contribution in [0.4, 0.5) is 0 Å². The lowest BCUT2D eigenvalue weighted by atomic mass is 9.89. The van der Waals surface area contributed by atoms with Crippen molar-refractivity contribution < 1.29 is 0 Å². The summed E-state index contributed by atoms with van der Waals surface area (Å²) in [7, 11) is 0. The van der Waals surface area contributed by atoms with Crippen LogP contribution < -0.4 is 5.56 Å². The van der Waals surface area contributed by atoms with Gasteiger partial charge in [-0.1, -0.05) is 43.3 Å². The van der Waals surface area contributed by atoms with Crippen LogP contribution in [0.5, 0.6) is 0 Å². The van der Waals surface area contributed by atoms with Gasteiger partial charge in [0.15, 0.2) is 0 Å². The standard InChI is InChI=1S/C19H18N2OS/c1-12-7-9-14-15(11-12)23-19-17(14)18(22)20-16(21-19)10-8-13-5-3-2-4-6-13/h2-6,8,10,12H,7,9,11H2,1H3,(H,20,21,22)/b10-8-/t12-/m1/s1. The van der Waals surface area contributed by atoms with Gasteiger partial charge in [0.2, 0.25) is 0 Å². The SMILES string of the molecule is C[C@@H]1CCc2c(sc3nc(/C=C\c4ccccc4)[nH]c(=O)c23)C1. The Morgan fingerprint density at radius 1 is 1.26 bits per heavy atom. The molecule has 2 aromatic heterocycles. The Hall–Kier alpha value is -2.20. The molecule has 2 heterocycles. The number of fused-ring (bicyclic) bond motifs is 3. The van der Waals surface area contributed by atoms with Crippen LogP contribution in [0, 0.1) is 5.92 Å². The molecule has 1 aromatic carbocycles. The molecule has 0 radical (unpaired) electrons.